The van der Waals surface area contributed by atoms with Crippen molar-refractivity contribution in [1.82, 2.24) is 9.21 Å². The minimum atomic E-state index is -3.51. The summed E-state index contributed by atoms with van der Waals surface area (Å²) in [4.78, 5) is 14.8. The summed E-state index contributed by atoms with van der Waals surface area (Å²) in [6.07, 6.45) is 0.320. The number of carbonyl (C=O) groups is 1. The maximum atomic E-state index is 12.7. The zero-order valence-electron chi connectivity index (χ0n) is 16.6. The highest BCUT2D eigenvalue weighted by Gasteiger charge is 2.29. The first-order valence-corrected chi connectivity index (χ1v) is 11.5. The number of rotatable bonds is 5. The number of piperazine rings is 1. The van der Waals surface area contributed by atoms with E-state index < -0.39 is 10.0 Å². The second kappa shape index (κ2) is 8.81. The summed E-state index contributed by atoms with van der Waals surface area (Å²) in [5.41, 5.74) is 3.22. The molecule has 0 unspecified atom stereocenters. The number of amides is 1. The van der Waals surface area contributed by atoms with Crippen molar-refractivity contribution in [3.05, 3.63) is 90.5 Å². The third-order valence-corrected chi connectivity index (χ3v) is 7.30. The Bertz CT molecular complexity index is 1090. The van der Waals surface area contributed by atoms with Crippen LogP contribution in [0.1, 0.15) is 5.56 Å². The molecule has 0 atom stereocenters. The lowest BCUT2D eigenvalue weighted by Crippen LogP contribution is -2.50. The second-order valence-corrected chi connectivity index (χ2v) is 9.28. The molecule has 5 nitrogen and oxygen atoms in total. The van der Waals surface area contributed by atoms with Crippen LogP contribution >= 0.6 is 0 Å². The number of hydrogen-bond acceptors (Lipinski definition) is 3. The van der Waals surface area contributed by atoms with Crippen molar-refractivity contribution in [3.8, 4) is 11.1 Å². The van der Waals surface area contributed by atoms with Crippen molar-refractivity contribution in [2.75, 3.05) is 26.2 Å². The highest BCUT2D eigenvalue weighted by atomic mass is 32.2. The van der Waals surface area contributed by atoms with Crippen molar-refractivity contribution in [2.24, 2.45) is 0 Å². The fourth-order valence-electron chi connectivity index (χ4n) is 3.65. The van der Waals surface area contributed by atoms with Crippen molar-refractivity contribution in [2.45, 2.75) is 11.3 Å². The van der Waals surface area contributed by atoms with E-state index in [1.54, 1.807) is 35.2 Å². The average molecular weight is 421 g/mol. The summed E-state index contributed by atoms with van der Waals surface area (Å²) < 4.78 is 26.9. The van der Waals surface area contributed by atoms with Gasteiger partial charge in [-0.15, -0.1) is 0 Å². The third-order valence-electron chi connectivity index (χ3n) is 5.39. The molecular weight excluding hydrogens is 396 g/mol. The number of benzene rings is 3. The molecule has 1 amide bonds. The van der Waals surface area contributed by atoms with E-state index in [0.29, 0.717) is 37.5 Å². The zero-order valence-corrected chi connectivity index (χ0v) is 17.5. The Balaban J connectivity index is 1.35. The largest absolute Gasteiger partial charge is 0.340 e. The lowest BCUT2D eigenvalue weighted by molar-refractivity contribution is -0.131. The van der Waals surface area contributed by atoms with E-state index in [-0.39, 0.29) is 5.91 Å². The first kappa shape index (κ1) is 20.3. The van der Waals surface area contributed by atoms with Crippen LogP contribution in [0, 0.1) is 0 Å². The van der Waals surface area contributed by atoms with Gasteiger partial charge < -0.3 is 4.90 Å². The molecule has 30 heavy (non-hydrogen) atoms. The summed E-state index contributed by atoms with van der Waals surface area (Å²) in [7, 11) is -3.51. The van der Waals surface area contributed by atoms with E-state index in [4.69, 9.17) is 0 Å². The van der Waals surface area contributed by atoms with E-state index in [2.05, 4.69) is 12.1 Å². The molecule has 1 fully saturated rings. The Labute approximate surface area is 177 Å². The van der Waals surface area contributed by atoms with Gasteiger partial charge in [0.2, 0.25) is 15.9 Å². The SMILES string of the molecule is O=C(Cc1ccc(-c2ccccc2)cc1)N1CCN(S(=O)(=O)c2ccccc2)CC1. The number of hydrogen-bond donors (Lipinski definition) is 0. The molecule has 0 aromatic heterocycles. The van der Waals surface area contributed by atoms with Gasteiger partial charge in [0.15, 0.2) is 0 Å². The summed E-state index contributed by atoms with van der Waals surface area (Å²) in [6, 6.07) is 26.6. The van der Waals surface area contributed by atoms with Crippen LogP contribution in [-0.4, -0.2) is 49.7 Å². The molecule has 0 spiro atoms. The van der Waals surface area contributed by atoms with Gasteiger partial charge >= 0.3 is 0 Å². The van der Waals surface area contributed by atoms with Crippen molar-refractivity contribution < 1.29 is 13.2 Å². The van der Waals surface area contributed by atoms with Gasteiger partial charge in [0.1, 0.15) is 0 Å². The van der Waals surface area contributed by atoms with Gasteiger partial charge in [0.05, 0.1) is 11.3 Å². The summed E-state index contributed by atoms with van der Waals surface area (Å²) in [6.45, 7) is 1.45. The Kier molecular flexibility index (Phi) is 5.97. The topological polar surface area (TPSA) is 57.7 Å². The Hall–Kier alpha value is -2.96. The molecule has 6 heteroatoms. The molecule has 0 saturated carbocycles. The molecule has 3 aromatic carbocycles. The normalized spacial score (nSPS) is 15.1. The fourth-order valence-corrected chi connectivity index (χ4v) is 5.09. The lowest BCUT2D eigenvalue weighted by atomic mass is 10.0. The van der Waals surface area contributed by atoms with Crippen LogP contribution < -0.4 is 0 Å². The van der Waals surface area contributed by atoms with Crippen LogP contribution in [0.15, 0.2) is 89.8 Å². The molecule has 3 aromatic rings. The van der Waals surface area contributed by atoms with Gasteiger partial charge in [-0.05, 0) is 28.8 Å². The van der Waals surface area contributed by atoms with Gasteiger partial charge in [-0.1, -0.05) is 72.8 Å². The molecule has 0 N–H and O–H groups in total. The van der Waals surface area contributed by atoms with Gasteiger partial charge in [-0.2, -0.15) is 4.31 Å². The summed E-state index contributed by atoms with van der Waals surface area (Å²) in [5, 5.41) is 0. The summed E-state index contributed by atoms with van der Waals surface area (Å²) >= 11 is 0. The van der Waals surface area contributed by atoms with Crippen molar-refractivity contribution in [1.29, 1.82) is 0 Å². The van der Waals surface area contributed by atoms with E-state index in [9.17, 15) is 13.2 Å². The van der Waals surface area contributed by atoms with Crippen LogP contribution in [-0.2, 0) is 21.2 Å². The first-order chi connectivity index (χ1) is 14.5. The maximum absolute atomic E-state index is 12.7. The van der Waals surface area contributed by atoms with Crippen LogP contribution in [0.3, 0.4) is 0 Å². The number of carbonyl (C=O) groups excluding carboxylic acids is 1. The zero-order chi connectivity index (χ0) is 21.0. The molecule has 0 radical (unpaired) electrons. The van der Waals surface area contributed by atoms with Crippen LogP contribution in [0.25, 0.3) is 11.1 Å². The molecule has 1 aliphatic heterocycles. The van der Waals surface area contributed by atoms with E-state index in [1.807, 2.05) is 42.5 Å². The number of sulfonamides is 1. The van der Waals surface area contributed by atoms with E-state index >= 15 is 0 Å². The lowest BCUT2D eigenvalue weighted by Gasteiger charge is -2.34. The maximum Gasteiger partial charge on any atom is 0.243 e. The molecule has 1 aliphatic rings. The second-order valence-electron chi connectivity index (χ2n) is 7.34. The molecule has 0 aliphatic carbocycles. The monoisotopic (exact) mass is 420 g/mol. The quantitative estimate of drug-likeness (QED) is 0.635. The molecule has 0 bridgehead atoms. The first-order valence-electron chi connectivity index (χ1n) is 10.0. The predicted molar refractivity (Wildman–Crippen MR) is 117 cm³/mol. The number of nitrogens with zero attached hydrogens (tertiary/aromatic N) is 2. The molecule has 1 saturated heterocycles. The van der Waals surface area contributed by atoms with Crippen LogP contribution in [0.5, 0.6) is 0 Å². The smallest absolute Gasteiger partial charge is 0.243 e. The van der Waals surface area contributed by atoms with Gasteiger partial charge in [0, 0.05) is 26.2 Å². The minimum Gasteiger partial charge on any atom is -0.340 e. The van der Waals surface area contributed by atoms with Crippen LogP contribution in [0.2, 0.25) is 0 Å². The fraction of sp³-hybridized carbons (Fsp3) is 0.208. The highest BCUT2D eigenvalue weighted by molar-refractivity contribution is 7.89. The highest BCUT2D eigenvalue weighted by Crippen LogP contribution is 2.20. The molecular formula is C24H24N2O3S. The Morgan fingerprint density at radius 1 is 0.700 bits per heavy atom. The van der Waals surface area contributed by atoms with E-state index in [0.717, 1.165) is 16.7 Å². The molecule has 4 rings (SSSR count). The van der Waals surface area contributed by atoms with Crippen LogP contribution in [0.4, 0.5) is 0 Å². The van der Waals surface area contributed by atoms with Crippen molar-refractivity contribution >= 4 is 15.9 Å². The van der Waals surface area contributed by atoms with Gasteiger partial charge in [-0.3, -0.25) is 4.79 Å². The third kappa shape index (κ3) is 4.45. The van der Waals surface area contributed by atoms with Gasteiger partial charge in [-0.25, -0.2) is 8.42 Å². The Morgan fingerprint density at radius 3 is 1.83 bits per heavy atom. The van der Waals surface area contributed by atoms with Crippen molar-refractivity contribution in [3.63, 3.8) is 0 Å². The minimum absolute atomic E-state index is 0.0271. The predicted octanol–water partition coefficient (Wildman–Crippen LogP) is 3.43. The van der Waals surface area contributed by atoms with Gasteiger partial charge in [0.25, 0.3) is 0 Å². The molecule has 154 valence electrons. The Morgan fingerprint density at radius 2 is 1.23 bits per heavy atom. The van der Waals surface area contributed by atoms with E-state index in [1.165, 1.54) is 4.31 Å². The summed E-state index contributed by atoms with van der Waals surface area (Å²) in [5.74, 6) is 0.0271. The molecule has 1 heterocycles. The standard InChI is InChI=1S/C24H24N2O3S/c27-24(19-20-11-13-22(14-12-20)21-7-3-1-4-8-21)25-15-17-26(18-16-25)30(28,29)23-9-5-2-6-10-23/h1-14H,15-19H2. The average Bonchev–Trinajstić information content (AvgIpc) is 2.81.